The number of aryl methyl sites for hydroxylation is 1. The van der Waals surface area contributed by atoms with Gasteiger partial charge in [-0.05, 0) is 51.5 Å². The summed E-state index contributed by atoms with van der Waals surface area (Å²) in [6, 6.07) is 3.60. The summed E-state index contributed by atoms with van der Waals surface area (Å²) in [5.74, 6) is 0.0265. The molecule has 6 nitrogen and oxygen atoms in total. The number of sulfonamides is 1. The molecule has 0 aliphatic carbocycles. The Balaban J connectivity index is 2.93. The molecule has 7 heteroatoms. The van der Waals surface area contributed by atoms with Crippen LogP contribution in [-0.2, 0) is 19.6 Å². The van der Waals surface area contributed by atoms with E-state index in [2.05, 4.69) is 4.72 Å². The molecule has 1 unspecified atom stereocenters. The van der Waals surface area contributed by atoms with Crippen LogP contribution in [0.4, 0.5) is 0 Å². The van der Waals surface area contributed by atoms with Crippen LogP contribution in [0.5, 0.6) is 5.75 Å². The zero-order chi connectivity index (χ0) is 16.0. The molecule has 118 valence electrons. The van der Waals surface area contributed by atoms with Crippen LogP contribution in [0.2, 0.25) is 0 Å². The summed E-state index contributed by atoms with van der Waals surface area (Å²) >= 11 is 0. The molecule has 0 aromatic heterocycles. The van der Waals surface area contributed by atoms with Crippen LogP contribution in [0.25, 0.3) is 0 Å². The molecule has 0 radical (unpaired) electrons. The van der Waals surface area contributed by atoms with E-state index in [-0.39, 0.29) is 11.5 Å². The van der Waals surface area contributed by atoms with Crippen molar-refractivity contribution >= 4 is 16.0 Å². The normalized spacial score (nSPS) is 12.8. The lowest BCUT2D eigenvalue weighted by Crippen LogP contribution is -2.39. The molecule has 1 N–H and O–H groups in total. The van der Waals surface area contributed by atoms with Gasteiger partial charge in [0.05, 0.1) is 18.1 Å². The smallest absolute Gasteiger partial charge is 0.323 e. The second-order valence-corrected chi connectivity index (χ2v) is 6.17. The van der Waals surface area contributed by atoms with Crippen molar-refractivity contribution in [2.45, 2.75) is 38.6 Å². The summed E-state index contributed by atoms with van der Waals surface area (Å²) in [6.07, 6.45) is 0. The van der Waals surface area contributed by atoms with Gasteiger partial charge in [-0.1, -0.05) is 0 Å². The van der Waals surface area contributed by atoms with E-state index in [9.17, 15) is 13.2 Å². The molecule has 1 atom stereocenters. The van der Waals surface area contributed by atoms with E-state index in [0.29, 0.717) is 17.9 Å². The number of rotatable bonds is 7. The average Bonchev–Trinajstić information content (AvgIpc) is 2.41. The van der Waals surface area contributed by atoms with Gasteiger partial charge in [0.15, 0.2) is 0 Å². The Morgan fingerprint density at radius 3 is 2.48 bits per heavy atom. The Morgan fingerprint density at radius 1 is 1.29 bits per heavy atom. The van der Waals surface area contributed by atoms with Crippen molar-refractivity contribution in [3.8, 4) is 5.75 Å². The summed E-state index contributed by atoms with van der Waals surface area (Å²) in [7, 11) is -3.78. The van der Waals surface area contributed by atoms with Crippen molar-refractivity contribution in [3.05, 3.63) is 23.8 Å². The zero-order valence-corrected chi connectivity index (χ0v) is 13.5. The van der Waals surface area contributed by atoms with Crippen LogP contribution >= 0.6 is 0 Å². The first kappa shape index (κ1) is 17.5. The molecular formula is C14H21NO5S. The third-order valence-corrected chi connectivity index (χ3v) is 4.27. The first-order valence-corrected chi connectivity index (χ1v) is 8.22. The maximum absolute atomic E-state index is 12.2. The van der Waals surface area contributed by atoms with Crippen LogP contribution in [0.3, 0.4) is 0 Å². The number of nitrogens with one attached hydrogen (secondary N) is 1. The summed E-state index contributed by atoms with van der Waals surface area (Å²) in [6.45, 7) is 7.43. The summed E-state index contributed by atoms with van der Waals surface area (Å²) in [5, 5.41) is 0. The van der Waals surface area contributed by atoms with Crippen molar-refractivity contribution in [1.29, 1.82) is 0 Å². The molecular weight excluding hydrogens is 294 g/mol. The first-order valence-electron chi connectivity index (χ1n) is 6.74. The predicted molar refractivity (Wildman–Crippen MR) is 78.8 cm³/mol. The monoisotopic (exact) mass is 315 g/mol. The van der Waals surface area contributed by atoms with E-state index in [1.165, 1.54) is 19.1 Å². The second kappa shape index (κ2) is 7.42. The van der Waals surface area contributed by atoms with Crippen LogP contribution in [0, 0.1) is 6.92 Å². The van der Waals surface area contributed by atoms with Gasteiger partial charge in [0, 0.05) is 0 Å². The average molecular weight is 315 g/mol. The first-order chi connectivity index (χ1) is 9.81. The summed E-state index contributed by atoms with van der Waals surface area (Å²) in [5.41, 5.74) is 0.712. The number of hydrogen-bond donors (Lipinski definition) is 1. The van der Waals surface area contributed by atoms with E-state index in [1.54, 1.807) is 19.9 Å². The van der Waals surface area contributed by atoms with Crippen molar-refractivity contribution in [2.24, 2.45) is 0 Å². The topological polar surface area (TPSA) is 81.7 Å². The zero-order valence-electron chi connectivity index (χ0n) is 12.7. The van der Waals surface area contributed by atoms with Crippen LogP contribution in [-0.4, -0.2) is 33.6 Å². The molecule has 1 aromatic carbocycles. The number of benzene rings is 1. The number of hydrogen-bond acceptors (Lipinski definition) is 5. The third-order valence-electron chi connectivity index (χ3n) is 2.73. The number of carbonyl (C=O) groups is 1. The van der Waals surface area contributed by atoms with E-state index in [4.69, 9.17) is 9.47 Å². The highest BCUT2D eigenvalue weighted by Gasteiger charge is 2.23. The van der Waals surface area contributed by atoms with Crippen molar-refractivity contribution in [1.82, 2.24) is 4.72 Å². The Hall–Kier alpha value is -1.60. The lowest BCUT2D eigenvalue weighted by molar-refractivity contribution is -0.144. The molecule has 0 saturated heterocycles. The fourth-order valence-corrected chi connectivity index (χ4v) is 3.00. The Morgan fingerprint density at radius 2 is 1.95 bits per heavy atom. The molecule has 1 rings (SSSR count). The molecule has 0 heterocycles. The minimum atomic E-state index is -3.78. The fraction of sp³-hybridized carbons (Fsp3) is 0.500. The van der Waals surface area contributed by atoms with E-state index < -0.39 is 22.0 Å². The van der Waals surface area contributed by atoms with Gasteiger partial charge >= 0.3 is 5.97 Å². The SMILES string of the molecule is CCOC(=O)C(C)NS(=O)(=O)c1ccc(OCC)c(C)c1. The van der Waals surface area contributed by atoms with Gasteiger partial charge in [-0.2, -0.15) is 4.72 Å². The molecule has 0 amide bonds. The van der Waals surface area contributed by atoms with Gasteiger partial charge in [-0.3, -0.25) is 4.79 Å². The van der Waals surface area contributed by atoms with Crippen LogP contribution in [0.15, 0.2) is 23.1 Å². The molecule has 21 heavy (non-hydrogen) atoms. The quantitative estimate of drug-likeness (QED) is 0.773. The minimum Gasteiger partial charge on any atom is -0.494 e. The number of carbonyl (C=O) groups excluding carboxylic acids is 1. The summed E-state index contributed by atoms with van der Waals surface area (Å²) < 4.78 is 36.9. The highest BCUT2D eigenvalue weighted by molar-refractivity contribution is 7.89. The molecule has 0 aliphatic heterocycles. The molecule has 0 bridgehead atoms. The van der Waals surface area contributed by atoms with Crippen LogP contribution < -0.4 is 9.46 Å². The predicted octanol–water partition coefficient (Wildman–Crippen LogP) is 1.62. The van der Waals surface area contributed by atoms with E-state index >= 15 is 0 Å². The lowest BCUT2D eigenvalue weighted by atomic mass is 10.2. The maximum atomic E-state index is 12.2. The standard InChI is InChI=1S/C14H21NO5S/c1-5-19-13-8-7-12(9-10(13)3)21(17,18)15-11(4)14(16)20-6-2/h7-9,11,15H,5-6H2,1-4H3. The molecule has 0 aliphatic rings. The number of ether oxygens (including phenoxy) is 2. The van der Waals surface area contributed by atoms with Crippen molar-refractivity contribution in [3.63, 3.8) is 0 Å². The maximum Gasteiger partial charge on any atom is 0.323 e. The van der Waals surface area contributed by atoms with Gasteiger partial charge in [0.25, 0.3) is 0 Å². The van der Waals surface area contributed by atoms with Gasteiger partial charge < -0.3 is 9.47 Å². The van der Waals surface area contributed by atoms with Gasteiger partial charge in [0.1, 0.15) is 11.8 Å². The fourth-order valence-electron chi connectivity index (χ4n) is 1.72. The summed E-state index contributed by atoms with van der Waals surface area (Å²) in [4.78, 5) is 11.6. The van der Waals surface area contributed by atoms with E-state index in [1.807, 2.05) is 6.92 Å². The molecule has 0 fully saturated rings. The minimum absolute atomic E-state index is 0.0830. The largest absolute Gasteiger partial charge is 0.494 e. The Kier molecular flexibility index (Phi) is 6.17. The Bertz CT molecular complexity index is 597. The van der Waals surface area contributed by atoms with Gasteiger partial charge in [-0.25, -0.2) is 8.42 Å². The number of esters is 1. The second-order valence-electron chi connectivity index (χ2n) is 4.46. The molecule has 0 spiro atoms. The van der Waals surface area contributed by atoms with Crippen molar-refractivity contribution in [2.75, 3.05) is 13.2 Å². The highest BCUT2D eigenvalue weighted by Crippen LogP contribution is 2.21. The van der Waals surface area contributed by atoms with Crippen molar-refractivity contribution < 1.29 is 22.7 Å². The lowest BCUT2D eigenvalue weighted by Gasteiger charge is -2.14. The highest BCUT2D eigenvalue weighted by atomic mass is 32.2. The van der Waals surface area contributed by atoms with Gasteiger partial charge in [0.2, 0.25) is 10.0 Å². The molecule has 0 saturated carbocycles. The Labute approximate surface area is 125 Å². The third kappa shape index (κ3) is 4.71. The van der Waals surface area contributed by atoms with Crippen LogP contribution in [0.1, 0.15) is 26.3 Å². The van der Waals surface area contributed by atoms with E-state index in [0.717, 1.165) is 0 Å². The molecule has 1 aromatic rings. The van der Waals surface area contributed by atoms with Gasteiger partial charge in [-0.15, -0.1) is 0 Å².